The van der Waals surface area contributed by atoms with Crippen molar-refractivity contribution in [1.29, 1.82) is 0 Å². The van der Waals surface area contributed by atoms with Crippen LogP contribution in [0, 0.1) is 12.8 Å². The van der Waals surface area contributed by atoms with Crippen LogP contribution in [0.2, 0.25) is 0 Å². The minimum Gasteiger partial charge on any atom is -0.463 e. The first-order valence-corrected chi connectivity index (χ1v) is 8.67. The van der Waals surface area contributed by atoms with Gasteiger partial charge in [-0.25, -0.2) is 17.9 Å². The average molecular weight is 339 g/mol. The lowest BCUT2D eigenvalue weighted by molar-refractivity contribution is -0.137. The van der Waals surface area contributed by atoms with E-state index in [1.54, 1.807) is 32.9 Å². The van der Waals surface area contributed by atoms with Crippen LogP contribution in [0.25, 0.3) is 0 Å². The predicted molar refractivity (Wildman–Crippen MR) is 86.1 cm³/mol. The summed E-state index contributed by atoms with van der Waals surface area (Å²) in [5, 5.41) is 0. The first kappa shape index (κ1) is 18.9. The standard InChI is InChI=1S/C16H21NO5S/c1-5-22-15(18)10-14(11(2)3)16(19)17-23(20,21)13-8-6-12(4)7-9-13/h6-11H,5H2,1-4H3,(H,17,19)/b14-10+. The molecule has 1 rings (SSSR count). The van der Waals surface area contributed by atoms with Crippen LogP contribution in [0.5, 0.6) is 0 Å². The van der Waals surface area contributed by atoms with E-state index in [1.165, 1.54) is 12.1 Å². The van der Waals surface area contributed by atoms with Gasteiger partial charge in [-0.15, -0.1) is 0 Å². The van der Waals surface area contributed by atoms with E-state index in [4.69, 9.17) is 4.74 Å². The van der Waals surface area contributed by atoms with Crippen molar-refractivity contribution in [3.8, 4) is 0 Å². The molecule has 0 saturated heterocycles. The smallest absolute Gasteiger partial charge is 0.331 e. The number of esters is 1. The second-order valence-corrected chi connectivity index (χ2v) is 6.94. The van der Waals surface area contributed by atoms with Gasteiger partial charge in [0.2, 0.25) is 0 Å². The summed E-state index contributed by atoms with van der Waals surface area (Å²) in [6.45, 7) is 7.01. The molecule has 0 bridgehead atoms. The van der Waals surface area contributed by atoms with Crippen LogP contribution in [0.1, 0.15) is 26.3 Å². The molecular weight excluding hydrogens is 318 g/mol. The number of rotatable bonds is 6. The molecule has 0 saturated carbocycles. The predicted octanol–water partition coefficient (Wildman–Crippen LogP) is 1.95. The van der Waals surface area contributed by atoms with Gasteiger partial charge in [-0.05, 0) is 31.9 Å². The van der Waals surface area contributed by atoms with E-state index in [1.807, 2.05) is 11.6 Å². The average Bonchev–Trinajstić information content (AvgIpc) is 2.44. The third kappa shape index (κ3) is 5.52. The van der Waals surface area contributed by atoms with Gasteiger partial charge < -0.3 is 4.74 Å². The van der Waals surface area contributed by atoms with Crippen molar-refractivity contribution in [2.24, 2.45) is 5.92 Å². The van der Waals surface area contributed by atoms with E-state index in [0.29, 0.717) is 0 Å². The molecule has 6 nitrogen and oxygen atoms in total. The van der Waals surface area contributed by atoms with Crippen LogP contribution >= 0.6 is 0 Å². The Hall–Kier alpha value is -2.15. The Kier molecular flexibility index (Phi) is 6.50. The van der Waals surface area contributed by atoms with E-state index in [2.05, 4.69) is 0 Å². The van der Waals surface area contributed by atoms with Gasteiger partial charge in [0.25, 0.3) is 15.9 Å². The molecule has 0 unspecified atom stereocenters. The fourth-order valence-corrected chi connectivity index (χ4v) is 2.74. The van der Waals surface area contributed by atoms with Gasteiger partial charge in [-0.3, -0.25) is 4.79 Å². The Morgan fingerprint density at radius 2 is 1.78 bits per heavy atom. The molecule has 1 aromatic rings. The molecule has 0 aliphatic heterocycles. The van der Waals surface area contributed by atoms with Gasteiger partial charge in [0.05, 0.1) is 11.5 Å². The quantitative estimate of drug-likeness (QED) is 0.632. The lowest BCUT2D eigenvalue weighted by atomic mass is 10.0. The first-order chi connectivity index (χ1) is 10.7. The Morgan fingerprint density at radius 1 is 1.22 bits per heavy atom. The van der Waals surface area contributed by atoms with Gasteiger partial charge in [0, 0.05) is 11.6 Å². The zero-order chi connectivity index (χ0) is 17.6. The maximum absolute atomic E-state index is 12.2. The fourth-order valence-electron chi connectivity index (χ4n) is 1.76. The minimum atomic E-state index is -4.00. The van der Waals surface area contributed by atoms with Crippen molar-refractivity contribution in [1.82, 2.24) is 4.72 Å². The van der Waals surface area contributed by atoms with Gasteiger partial charge in [0.1, 0.15) is 0 Å². The first-order valence-electron chi connectivity index (χ1n) is 7.19. The topological polar surface area (TPSA) is 89.5 Å². The summed E-state index contributed by atoms with van der Waals surface area (Å²) in [5.74, 6) is -1.86. The number of benzene rings is 1. The highest BCUT2D eigenvalue weighted by Crippen LogP contribution is 2.14. The number of nitrogens with one attached hydrogen (secondary N) is 1. The van der Waals surface area contributed by atoms with E-state index >= 15 is 0 Å². The van der Waals surface area contributed by atoms with Crippen LogP contribution in [0.15, 0.2) is 40.8 Å². The zero-order valence-corrected chi connectivity index (χ0v) is 14.4. The summed E-state index contributed by atoms with van der Waals surface area (Å²) in [5.41, 5.74) is 0.944. The van der Waals surface area contributed by atoms with Gasteiger partial charge in [-0.1, -0.05) is 31.5 Å². The van der Waals surface area contributed by atoms with Crippen LogP contribution in [-0.4, -0.2) is 26.9 Å². The van der Waals surface area contributed by atoms with Crippen LogP contribution in [0.4, 0.5) is 0 Å². The molecule has 0 heterocycles. The van der Waals surface area contributed by atoms with Crippen LogP contribution in [0.3, 0.4) is 0 Å². The third-order valence-corrected chi connectivity index (χ3v) is 4.35. The van der Waals surface area contributed by atoms with Crippen molar-refractivity contribution in [3.63, 3.8) is 0 Å². The summed E-state index contributed by atoms with van der Waals surface area (Å²) in [6, 6.07) is 6.10. The second kappa shape index (κ2) is 7.92. The number of ether oxygens (including phenoxy) is 1. The summed E-state index contributed by atoms with van der Waals surface area (Å²) >= 11 is 0. The lowest BCUT2D eigenvalue weighted by Crippen LogP contribution is -2.33. The van der Waals surface area contributed by atoms with Gasteiger partial charge in [-0.2, -0.15) is 0 Å². The maximum atomic E-state index is 12.2. The molecule has 1 aromatic carbocycles. The van der Waals surface area contributed by atoms with Gasteiger partial charge in [0.15, 0.2) is 0 Å². The summed E-state index contributed by atoms with van der Waals surface area (Å²) < 4.78 is 31.2. The van der Waals surface area contributed by atoms with Crippen LogP contribution in [-0.2, 0) is 24.3 Å². The summed E-state index contributed by atoms with van der Waals surface area (Å²) in [7, 11) is -4.00. The summed E-state index contributed by atoms with van der Waals surface area (Å²) in [6.07, 6.45) is 1.02. The Balaban J connectivity index is 3.02. The number of amides is 1. The molecule has 0 aliphatic carbocycles. The monoisotopic (exact) mass is 339 g/mol. The number of hydrogen-bond acceptors (Lipinski definition) is 5. The molecule has 0 spiro atoms. The molecule has 0 fully saturated rings. The Bertz CT molecular complexity index is 702. The zero-order valence-electron chi connectivity index (χ0n) is 13.6. The lowest BCUT2D eigenvalue weighted by Gasteiger charge is -2.12. The highest BCUT2D eigenvalue weighted by Gasteiger charge is 2.22. The van der Waals surface area contributed by atoms with E-state index in [-0.39, 0.29) is 23.0 Å². The van der Waals surface area contributed by atoms with Crippen molar-refractivity contribution in [3.05, 3.63) is 41.5 Å². The molecule has 7 heteroatoms. The number of aryl methyl sites for hydroxylation is 1. The minimum absolute atomic E-state index is 0.0179. The fraction of sp³-hybridized carbons (Fsp3) is 0.375. The van der Waals surface area contributed by atoms with Crippen molar-refractivity contribution >= 4 is 21.9 Å². The van der Waals surface area contributed by atoms with E-state index in [0.717, 1.165) is 11.6 Å². The molecule has 0 aliphatic rings. The Labute approximate surface area is 136 Å². The highest BCUT2D eigenvalue weighted by atomic mass is 32.2. The molecule has 0 radical (unpaired) electrons. The molecule has 23 heavy (non-hydrogen) atoms. The molecular formula is C16H21NO5S. The maximum Gasteiger partial charge on any atom is 0.331 e. The third-order valence-electron chi connectivity index (χ3n) is 3.00. The largest absolute Gasteiger partial charge is 0.463 e. The normalized spacial score (nSPS) is 12.1. The Morgan fingerprint density at radius 3 is 2.26 bits per heavy atom. The number of carbonyl (C=O) groups is 2. The van der Waals surface area contributed by atoms with Crippen molar-refractivity contribution in [2.45, 2.75) is 32.6 Å². The van der Waals surface area contributed by atoms with Gasteiger partial charge >= 0.3 is 5.97 Å². The van der Waals surface area contributed by atoms with Crippen LogP contribution < -0.4 is 4.72 Å². The van der Waals surface area contributed by atoms with Crippen molar-refractivity contribution < 1.29 is 22.7 Å². The number of sulfonamides is 1. The van der Waals surface area contributed by atoms with Crippen molar-refractivity contribution in [2.75, 3.05) is 6.61 Å². The highest BCUT2D eigenvalue weighted by molar-refractivity contribution is 7.90. The summed E-state index contributed by atoms with van der Waals surface area (Å²) in [4.78, 5) is 23.7. The number of carbonyl (C=O) groups excluding carboxylic acids is 2. The second-order valence-electron chi connectivity index (χ2n) is 5.25. The SMILES string of the molecule is CCOC(=O)/C=C(/C(=O)NS(=O)(=O)c1ccc(C)cc1)C(C)C. The van der Waals surface area contributed by atoms with E-state index in [9.17, 15) is 18.0 Å². The molecule has 0 atom stereocenters. The number of hydrogen-bond donors (Lipinski definition) is 1. The molecule has 1 amide bonds. The molecule has 126 valence electrons. The molecule has 0 aromatic heterocycles. The van der Waals surface area contributed by atoms with E-state index < -0.39 is 21.9 Å². The molecule has 1 N–H and O–H groups in total.